The van der Waals surface area contributed by atoms with Gasteiger partial charge in [0.1, 0.15) is 5.75 Å². The molecular weight excluding hydrogens is 313 g/mol. The van der Waals surface area contributed by atoms with E-state index in [1.54, 1.807) is 12.1 Å². The lowest BCUT2D eigenvalue weighted by Gasteiger charge is -2.24. The molecule has 0 radical (unpaired) electrons. The van der Waals surface area contributed by atoms with Crippen molar-refractivity contribution < 1.29 is 14.1 Å². The molecule has 2 aromatic carbocycles. The average molecular weight is 335 g/mol. The van der Waals surface area contributed by atoms with E-state index in [1.165, 1.54) is 0 Å². The number of rotatable bonds is 9. The Bertz CT molecular complexity index is 619. The van der Waals surface area contributed by atoms with Crippen LogP contribution in [0.2, 0.25) is 0 Å². The summed E-state index contributed by atoms with van der Waals surface area (Å²) in [5.74, 6) is 0.536. The SMILES string of the molecule is NP(N)(=O)N(CCCOCc1ccccc1)Oc1ccccc1. The summed E-state index contributed by atoms with van der Waals surface area (Å²) in [5, 5.41) is 0. The molecule has 124 valence electrons. The van der Waals surface area contributed by atoms with Crippen molar-refractivity contribution in [2.75, 3.05) is 13.2 Å². The zero-order chi connectivity index (χ0) is 16.5. The highest BCUT2D eigenvalue weighted by molar-refractivity contribution is 7.56. The van der Waals surface area contributed by atoms with Crippen LogP contribution in [-0.2, 0) is 15.9 Å². The second-order valence-corrected chi connectivity index (χ2v) is 6.84. The predicted octanol–water partition coefficient (Wildman–Crippen LogP) is 2.91. The van der Waals surface area contributed by atoms with Gasteiger partial charge in [0, 0.05) is 13.2 Å². The molecule has 2 aromatic rings. The monoisotopic (exact) mass is 335 g/mol. The Morgan fingerprint density at radius 3 is 2.17 bits per heavy atom. The molecule has 0 unspecified atom stereocenters. The van der Waals surface area contributed by atoms with Gasteiger partial charge < -0.3 is 9.57 Å². The van der Waals surface area contributed by atoms with Crippen LogP contribution < -0.4 is 15.8 Å². The Kier molecular flexibility index (Phi) is 6.77. The summed E-state index contributed by atoms with van der Waals surface area (Å²) in [4.78, 5) is 6.64. The first-order chi connectivity index (χ1) is 11.1. The van der Waals surface area contributed by atoms with Gasteiger partial charge in [-0.3, -0.25) is 15.6 Å². The third-order valence-electron chi connectivity index (χ3n) is 3.05. The van der Waals surface area contributed by atoms with Gasteiger partial charge in [-0.05, 0) is 24.1 Å². The number of ether oxygens (including phenoxy) is 1. The first kappa shape index (κ1) is 17.7. The van der Waals surface area contributed by atoms with E-state index in [-0.39, 0.29) is 0 Å². The van der Waals surface area contributed by atoms with Crippen molar-refractivity contribution in [2.45, 2.75) is 13.0 Å². The number of hydroxylamine groups is 1. The molecule has 0 fully saturated rings. The number of nitrogens with two attached hydrogens (primary N) is 2. The number of nitrogens with zero attached hydrogens (tertiary/aromatic N) is 1. The molecule has 0 aliphatic rings. The second kappa shape index (κ2) is 8.82. The smallest absolute Gasteiger partial charge is 0.308 e. The molecule has 0 heterocycles. The maximum atomic E-state index is 11.9. The zero-order valence-corrected chi connectivity index (χ0v) is 13.8. The molecule has 0 aliphatic heterocycles. The first-order valence-corrected chi connectivity index (χ1v) is 9.15. The van der Waals surface area contributed by atoms with Crippen molar-refractivity contribution in [3.05, 3.63) is 66.2 Å². The van der Waals surface area contributed by atoms with Crippen molar-refractivity contribution >= 4 is 7.59 Å². The summed E-state index contributed by atoms with van der Waals surface area (Å²) in [6, 6.07) is 18.9. The lowest BCUT2D eigenvalue weighted by molar-refractivity contribution is 0.0198. The topological polar surface area (TPSA) is 90.8 Å². The molecule has 4 N–H and O–H groups in total. The Labute approximate surface area is 136 Å². The van der Waals surface area contributed by atoms with E-state index in [4.69, 9.17) is 20.6 Å². The van der Waals surface area contributed by atoms with E-state index in [0.717, 1.165) is 10.4 Å². The molecule has 2 rings (SSSR count). The maximum Gasteiger partial charge on any atom is 0.308 e. The number of benzene rings is 2. The van der Waals surface area contributed by atoms with Crippen LogP contribution >= 0.6 is 7.59 Å². The molecule has 0 saturated carbocycles. The largest absolute Gasteiger partial charge is 0.397 e. The van der Waals surface area contributed by atoms with Gasteiger partial charge in [-0.2, -0.15) is 0 Å². The van der Waals surface area contributed by atoms with Crippen molar-refractivity contribution in [1.82, 2.24) is 4.83 Å². The van der Waals surface area contributed by atoms with Gasteiger partial charge >= 0.3 is 7.59 Å². The van der Waals surface area contributed by atoms with Crippen LogP contribution in [0.25, 0.3) is 0 Å². The van der Waals surface area contributed by atoms with Crippen LogP contribution in [0.5, 0.6) is 5.75 Å². The van der Waals surface area contributed by atoms with Gasteiger partial charge in [0.15, 0.2) is 0 Å². The quantitative estimate of drug-likeness (QED) is 0.416. The lowest BCUT2D eigenvalue weighted by atomic mass is 10.2. The van der Waals surface area contributed by atoms with Crippen LogP contribution in [0, 0.1) is 0 Å². The van der Waals surface area contributed by atoms with E-state index < -0.39 is 7.59 Å². The fourth-order valence-corrected chi connectivity index (χ4v) is 2.61. The number of hydrogen-bond acceptors (Lipinski definition) is 3. The second-order valence-electron chi connectivity index (χ2n) is 5.04. The van der Waals surface area contributed by atoms with Crippen molar-refractivity contribution in [3.8, 4) is 5.75 Å². The van der Waals surface area contributed by atoms with Crippen LogP contribution in [-0.4, -0.2) is 18.0 Å². The predicted molar refractivity (Wildman–Crippen MR) is 90.5 cm³/mol. The summed E-state index contributed by atoms with van der Waals surface area (Å²) in [6.45, 7) is 1.33. The minimum Gasteiger partial charge on any atom is -0.397 e. The molecule has 0 bridgehead atoms. The summed E-state index contributed by atoms with van der Waals surface area (Å²) in [6.07, 6.45) is 0.595. The van der Waals surface area contributed by atoms with Gasteiger partial charge in [-0.1, -0.05) is 53.4 Å². The third-order valence-corrected chi connectivity index (χ3v) is 4.03. The standard InChI is InChI=1S/C16H22N3O3P/c17-23(18,20)19(22-16-10-5-2-6-11-16)12-7-13-21-14-15-8-3-1-4-9-15/h1-6,8-11H,7,12-14H2,(H4,17,18,20). The fourth-order valence-electron chi connectivity index (χ4n) is 1.93. The molecule has 0 amide bonds. The van der Waals surface area contributed by atoms with Crippen molar-refractivity contribution in [2.24, 2.45) is 11.0 Å². The molecule has 0 aromatic heterocycles. The lowest BCUT2D eigenvalue weighted by Crippen LogP contribution is -2.33. The van der Waals surface area contributed by atoms with E-state index in [0.29, 0.717) is 31.9 Å². The number of hydrogen-bond donors (Lipinski definition) is 2. The summed E-state index contributed by atoms with van der Waals surface area (Å²) in [7, 11) is -3.49. The minimum atomic E-state index is -3.49. The van der Waals surface area contributed by atoms with E-state index in [1.807, 2.05) is 48.5 Å². The molecule has 6 nitrogen and oxygen atoms in total. The van der Waals surface area contributed by atoms with Crippen LogP contribution in [0.15, 0.2) is 60.7 Å². The fraction of sp³-hybridized carbons (Fsp3) is 0.250. The summed E-state index contributed by atoms with van der Waals surface area (Å²) < 4.78 is 17.5. The van der Waals surface area contributed by atoms with E-state index in [9.17, 15) is 4.57 Å². The Hall–Kier alpha value is -1.69. The van der Waals surface area contributed by atoms with E-state index >= 15 is 0 Å². The molecular formula is C16H22N3O3P. The Morgan fingerprint density at radius 2 is 1.57 bits per heavy atom. The highest BCUT2D eigenvalue weighted by Gasteiger charge is 2.23. The molecule has 7 heteroatoms. The molecule has 0 spiro atoms. The average Bonchev–Trinajstić information content (AvgIpc) is 2.54. The van der Waals surface area contributed by atoms with Crippen molar-refractivity contribution in [1.29, 1.82) is 0 Å². The summed E-state index contributed by atoms with van der Waals surface area (Å²) in [5.41, 5.74) is 12.2. The minimum absolute atomic E-state index is 0.313. The highest BCUT2D eigenvalue weighted by atomic mass is 31.2. The van der Waals surface area contributed by atoms with Gasteiger partial charge in [0.25, 0.3) is 0 Å². The molecule has 0 saturated heterocycles. The normalized spacial score (nSPS) is 11.6. The Balaban J connectivity index is 1.76. The van der Waals surface area contributed by atoms with Crippen LogP contribution in [0.4, 0.5) is 0 Å². The van der Waals surface area contributed by atoms with Crippen molar-refractivity contribution in [3.63, 3.8) is 0 Å². The Morgan fingerprint density at radius 1 is 0.957 bits per heavy atom. The van der Waals surface area contributed by atoms with Gasteiger partial charge in [-0.15, -0.1) is 0 Å². The van der Waals surface area contributed by atoms with Crippen LogP contribution in [0.3, 0.4) is 0 Å². The molecule has 23 heavy (non-hydrogen) atoms. The first-order valence-electron chi connectivity index (χ1n) is 7.35. The zero-order valence-electron chi connectivity index (χ0n) is 12.9. The molecule has 0 atom stereocenters. The summed E-state index contributed by atoms with van der Waals surface area (Å²) >= 11 is 0. The highest BCUT2D eigenvalue weighted by Crippen LogP contribution is 2.32. The maximum absolute atomic E-state index is 11.9. The third kappa shape index (κ3) is 6.52. The van der Waals surface area contributed by atoms with Gasteiger partial charge in [0.05, 0.1) is 6.61 Å². The van der Waals surface area contributed by atoms with Crippen LogP contribution in [0.1, 0.15) is 12.0 Å². The number of para-hydroxylation sites is 1. The molecule has 0 aliphatic carbocycles. The van der Waals surface area contributed by atoms with E-state index in [2.05, 4.69) is 0 Å². The van der Waals surface area contributed by atoms with Gasteiger partial charge in [-0.25, -0.2) is 0 Å². The van der Waals surface area contributed by atoms with Gasteiger partial charge in [0.2, 0.25) is 0 Å².